The second-order valence-corrected chi connectivity index (χ2v) is 9.22. The summed E-state index contributed by atoms with van der Waals surface area (Å²) in [5.74, 6) is -0.0700. The number of methoxy groups -OCH3 is 1. The number of ether oxygens (including phenoxy) is 1. The van der Waals surface area contributed by atoms with Gasteiger partial charge in [-0.25, -0.2) is 4.79 Å². The zero-order valence-corrected chi connectivity index (χ0v) is 17.0. The SMILES string of the molecule is COc1ccc(CN(C)C)c(-c2sc3c(c2C(=O)O)CC(C)(C)CC3)c1. The second-order valence-electron chi connectivity index (χ2n) is 8.11. The molecule has 4 nitrogen and oxygen atoms in total. The molecule has 0 radical (unpaired) electrons. The zero-order chi connectivity index (χ0) is 19.1. The maximum Gasteiger partial charge on any atom is 0.337 e. The van der Waals surface area contributed by atoms with E-state index < -0.39 is 5.97 Å². The fourth-order valence-electron chi connectivity index (χ4n) is 3.71. The van der Waals surface area contributed by atoms with Crippen LogP contribution in [-0.2, 0) is 19.4 Å². The minimum atomic E-state index is -0.825. The van der Waals surface area contributed by atoms with E-state index in [0.29, 0.717) is 5.56 Å². The first-order chi connectivity index (χ1) is 12.2. The van der Waals surface area contributed by atoms with Gasteiger partial charge in [0.2, 0.25) is 0 Å². The zero-order valence-electron chi connectivity index (χ0n) is 16.2. The summed E-state index contributed by atoms with van der Waals surface area (Å²) >= 11 is 1.65. The Balaban J connectivity index is 2.21. The Bertz CT molecular complexity index is 836. The standard InChI is InChI=1S/C21H27NO3S/c1-21(2)9-8-17-16(11-21)18(20(23)24)19(26-17)15-10-14(25-5)7-6-13(15)12-22(3)4/h6-7,10H,8-9,11-12H2,1-5H3,(H,23,24). The third-order valence-corrected chi connectivity index (χ3v) is 6.36. The van der Waals surface area contributed by atoms with Crippen molar-refractivity contribution in [2.45, 2.75) is 39.7 Å². The van der Waals surface area contributed by atoms with E-state index in [1.54, 1.807) is 18.4 Å². The smallest absolute Gasteiger partial charge is 0.337 e. The number of carboxylic acids is 1. The third-order valence-electron chi connectivity index (χ3n) is 5.04. The maximum absolute atomic E-state index is 12.2. The van der Waals surface area contributed by atoms with Crippen LogP contribution in [0.4, 0.5) is 0 Å². The fraction of sp³-hybridized carbons (Fsp3) is 0.476. The predicted octanol–water partition coefficient (Wildman–Crippen LogP) is 4.70. The molecule has 0 spiro atoms. The first-order valence-electron chi connectivity index (χ1n) is 8.91. The first kappa shape index (κ1) is 18.9. The number of fused-ring (bicyclic) bond motifs is 1. The van der Waals surface area contributed by atoms with Gasteiger partial charge in [0.15, 0.2) is 0 Å². The molecular weight excluding hydrogens is 346 g/mol. The molecule has 0 saturated heterocycles. The molecule has 0 unspecified atom stereocenters. The minimum Gasteiger partial charge on any atom is -0.497 e. The molecule has 140 valence electrons. The maximum atomic E-state index is 12.2. The first-order valence-corrected chi connectivity index (χ1v) is 9.73. The van der Waals surface area contributed by atoms with Crippen molar-refractivity contribution in [1.29, 1.82) is 0 Å². The number of rotatable bonds is 5. The Morgan fingerprint density at radius 3 is 2.69 bits per heavy atom. The number of hydrogen-bond donors (Lipinski definition) is 1. The van der Waals surface area contributed by atoms with Gasteiger partial charge in [0.05, 0.1) is 12.7 Å². The van der Waals surface area contributed by atoms with Gasteiger partial charge in [-0.1, -0.05) is 19.9 Å². The monoisotopic (exact) mass is 373 g/mol. The Hall–Kier alpha value is -1.85. The number of hydrogen-bond acceptors (Lipinski definition) is 4. The predicted molar refractivity (Wildman–Crippen MR) is 106 cm³/mol. The minimum absolute atomic E-state index is 0.149. The summed E-state index contributed by atoms with van der Waals surface area (Å²) in [5.41, 5.74) is 3.78. The molecule has 0 bridgehead atoms. The van der Waals surface area contributed by atoms with Crippen LogP contribution in [0.15, 0.2) is 18.2 Å². The summed E-state index contributed by atoms with van der Waals surface area (Å²) in [6, 6.07) is 5.97. The molecule has 0 amide bonds. The number of nitrogens with zero attached hydrogens (tertiary/aromatic N) is 1. The van der Waals surface area contributed by atoms with Gasteiger partial charge >= 0.3 is 5.97 Å². The average Bonchev–Trinajstić information content (AvgIpc) is 2.92. The highest BCUT2D eigenvalue weighted by atomic mass is 32.1. The Labute approximate surface area is 159 Å². The number of carboxylic acid groups (broad SMARTS) is 1. The molecule has 0 saturated carbocycles. The molecule has 1 aliphatic carbocycles. The van der Waals surface area contributed by atoms with Crippen LogP contribution in [-0.4, -0.2) is 37.2 Å². The van der Waals surface area contributed by atoms with Crippen molar-refractivity contribution in [2.24, 2.45) is 5.41 Å². The van der Waals surface area contributed by atoms with E-state index in [1.165, 1.54) is 4.88 Å². The molecule has 1 aromatic heterocycles. The summed E-state index contributed by atoms with van der Waals surface area (Å²) in [6.45, 7) is 5.20. The topological polar surface area (TPSA) is 49.8 Å². The highest BCUT2D eigenvalue weighted by molar-refractivity contribution is 7.16. The number of thiophene rings is 1. The van der Waals surface area contributed by atoms with Crippen molar-refractivity contribution in [3.8, 4) is 16.2 Å². The molecule has 5 heteroatoms. The van der Waals surface area contributed by atoms with Gasteiger partial charge in [-0.15, -0.1) is 11.3 Å². The normalized spacial score (nSPS) is 15.8. The molecule has 0 fully saturated rings. The summed E-state index contributed by atoms with van der Waals surface area (Å²) in [5, 5.41) is 10.0. The lowest BCUT2D eigenvalue weighted by molar-refractivity contribution is 0.0696. The van der Waals surface area contributed by atoms with Crippen LogP contribution >= 0.6 is 11.3 Å². The summed E-state index contributed by atoms with van der Waals surface area (Å²) in [7, 11) is 5.69. The van der Waals surface area contributed by atoms with E-state index in [4.69, 9.17) is 4.74 Å². The highest BCUT2D eigenvalue weighted by Gasteiger charge is 2.33. The Morgan fingerprint density at radius 2 is 2.08 bits per heavy atom. The quantitative estimate of drug-likeness (QED) is 0.825. The number of aromatic carboxylic acids is 1. The van der Waals surface area contributed by atoms with Gasteiger partial charge in [-0.2, -0.15) is 0 Å². The molecule has 2 aromatic rings. The largest absolute Gasteiger partial charge is 0.497 e. The van der Waals surface area contributed by atoms with Crippen LogP contribution in [0, 0.1) is 5.41 Å². The van der Waals surface area contributed by atoms with Gasteiger partial charge in [0.25, 0.3) is 0 Å². The molecule has 1 N–H and O–H groups in total. The Morgan fingerprint density at radius 1 is 1.35 bits per heavy atom. The number of carbonyl (C=O) groups is 1. The van der Waals surface area contributed by atoms with E-state index in [9.17, 15) is 9.90 Å². The van der Waals surface area contributed by atoms with Crippen LogP contribution in [0.1, 0.15) is 46.6 Å². The van der Waals surface area contributed by atoms with Crippen molar-refractivity contribution >= 4 is 17.3 Å². The lowest BCUT2D eigenvalue weighted by Gasteiger charge is -2.29. The molecule has 0 atom stereocenters. The molecular formula is C21H27NO3S. The lowest BCUT2D eigenvalue weighted by atomic mass is 9.76. The van der Waals surface area contributed by atoms with Crippen LogP contribution in [0.25, 0.3) is 10.4 Å². The van der Waals surface area contributed by atoms with E-state index in [0.717, 1.165) is 53.1 Å². The van der Waals surface area contributed by atoms with Gasteiger partial charge in [-0.05, 0) is 62.0 Å². The molecule has 0 aliphatic heterocycles. The van der Waals surface area contributed by atoms with Crippen LogP contribution in [0.5, 0.6) is 5.75 Å². The van der Waals surface area contributed by atoms with Gasteiger partial charge < -0.3 is 14.7 Å². The lowest BCUT2D eigenvalue weighted by Crippen LogP contribution is -2.22. The summed E-state index contributed by atoms with van der Waals surface area (Å²) in [4.78, 5) is 16.4. The Kier molecular flexibility index (Phi) is 5.13. The highest BCUT2D eigenvalue weighted by Crippen LogP contribution is 2.46. The van der Waals surface area contributed by atoms with E-state index in [-0.39, 0.29) is 5.41 Å². The number of aryl methyl sites for hydroxylation is 1. The fourth-order valence-corrected chi connectivity index (χ4v) is 5.07. The summed E-state index contributed by atoms with van der Waals surface area (Å²) < 4.78 is 5.42. The van der Waals surface area contributed by atoms with Crippen molar-refractivity contribution < 1.29 is 14.6 Å². The average molecular weight is 374 g/mol. The summed E-state index contributed by atoms with van der Waals surface area (Å²) in [6.07, 6.45) is 2.88. The molecule has 1 aromatic carbocycles. The van der Waals surface area contributed by atoms with E-state index >= 15 is 0 Å². The molecule has 26 heavy (non-hydrogen) atoms. The van der Waals surface area contributed by atoms with E-state index in [1.807, 2.05) is 32.3 Å². The van der Waals surface area contributed by atoms with Gasteiger partial charge in [0.1, 0.15) is 5.75 Å². The van der Waals surface area contributed by atoms with Crippen molar-refractivity contribution in [3.05, 3.63) is 39.8 Å². The van der Waals surface area contributed by atoms with Crippen LogP contribution < -0.4 is 4.74 Å². The van der Waals surface area contributed by atoms with Gasteiger partial charge in [-0.3, -0.25) is 0 Å². The van der Waals surface area contributed by atoms with Gasteiger partial charge in [0, 0.05) is 21.9 Å². The number of benzene rings is 1. The van der Waals surface area contributed by atoms with E-state index in [2.05, 4.69) is 18.7 Å². The van der Waals surface area contributed by atoms with Crippen molar-refractivity contribution in [3.63, 3.8) is 0 Å². The molecule has 1 aliphatic rings. The third kappa shape index (κ3) is 3.64. The van der Waals surface area contributed by atoms with Crippen LogP contribution in [0.3, 0.4) is 0 Å². The van der Waals surface area contributed by atoms with Crippen molar-refractivity contribution in [1.82, 2.24) is 4.90 Å². The molecule has 1 heterocycles. The van der Waals surface area contributed by atoms with Crippen LogP contribution in [0.2, 0.25) is 0 Å². The molecule has 3 rings (SSSR count). The van der Waals surface area contributed by atoms with Crippen molar-refractivity contribution in [2.75, 3.05) is 21.2 Å². The second kappa shape index (κ2) is 7.05.